The summed E-state index contributed by atoms with van der Waals surface area (Å²) in [5.74, 6) is 5.79. The standard InChI is InChI=1S/C25H23FN2O2/c26-21-7-3-6-20(14-21)25(30)28-22(15-27)24(23(28)16-29)19-12-10-18(11-13-19)9-8-17-4-1-2-5-17/h3,6-7,10-14,17,22-24,29H,1-2,4-5,16H2/t22-,23+,24+/m0/s1. The number of benzene rings is 2. The van der Waals surface area contributed by atoms with E-state index in [-0.39, 0.29) is 18.1 Å². The quantitative estimate of drug-likeness (QED) is 0.793. The molecule has 0 bridgehead atoms. The van der Waals surface area contributed by atoms with Gasteiger partial charge < -0.3 is 10.0 Å². The van der Waals surface area contributed by atoms with Gasteiger partial charge in [0.2, 0.25) is 0 Å². The van der Waals surface area contributed by atoms with Crippen LogP contribution in [0.15, 0.2) is 48.5 Å². The second-order valence-corrected chi connectivity index (χ2v) is 7.95. The molecule has 2 aliphatic rings. The van der Waals surface area contributed by atoms with Crippen LogP contribution in [0.2, 0.25) is 0 Å². The number of rotatable bonds is 3. The van der Waals surface area contributed by atoms with E-state index < -0.39 is 23.8 Å². The number of carbonyl (C=O) groups excluding carboxylic acids is 1. The van der Waals surface area contributed by atoms with E-state index in [1.807, 2.05) is 24.3 Å². The van der Waals surface area contributed by atoms with Gasteiger partial charge in [-0.05, 0) is 48.7 Å². The van der Waals surface area contributed by atoms with Crippen LogP contribution in [0.25, 0.3) is 0 Å². The molecule has 3 atom stereocenters. The van der Waals surface area contributed by atoms with Crippen LogP contribution in [-0.2, 0) is 0 Å². The summed E-state index contributed by atoms with van der Waals surface area (Å²) in [6, 6.07) is 14.0. The third-order valence-electron chi connectivity index (χ3n) is 6.11. The Bertz CT molecular complexity index is 1030. The Labute approximate surface area is 175 Å². The van der Waals surface area contributed by atoms with E-state index in [1.54, 1.807) is 0 Å². The molecule has 1 heterocycles. The predicted molar refractivity (Wildman–Crippen MR) is 111 cm³/mol. The fourth-order valence-electron chi connectivity index (χ4n) is 4.50. The first kappa shape index (κ1) is 20.1. The maximum atomic E-state index is 13.5. The third kappa shape index (κ3) is 3.82. The summed E-state index contributed by atoms with van der Waals surface area (Å²) in [7, 11) is 0. The first-order valence-electron chi connectivity index (χ1n) is 10.3. The SMILES string of the molecule is N#C[C@H]1[C@@H](c2ccc(C#CC3CCCC3)cc2)[C@@H](CO)N1C(=O)c1cccc(F)c1. The summed E-state index contributed by atoms with van der Waals surface area (Å²) in [5.41, 5.74) is 1.98. The summed E-state index contributed by atoms with van der Waals surface area (Å²) in [4.78, 5) is 14.2. The van der Waals surface area contributed by atoms with E-state index in [4.69, 9.17) is 0 Å². The molecule has 4 nitrogen and oxygen atoms in total. The molecule has 1 aliphatic heterocycles. The minimum atomic E-state index is -0.714. The maximum Gasteiger partial charge on any atom is 0.255 e. The highest BCUT2D eigenvalue weighted by Crippen LogP contribution is 2.41. The van der Waals surface area contributed by atoms with Gasteiger partial charge in [0.1, 0.15) is 11.9 Å². The molecule has 0 spiro atoms. The van der Waals surface area contributed by atoms with Gasteiger partial charge in [-0.3, -0.25) is 4.79 Å². The van der Waals surface area contributed by atoms with Crippen molar-refractivity contribution < 1.29 is 14.3 Å². The first-order valence-corrected chi connectivity index (χ1v) is 10.3. The molecule has 152 valence electrons. The second kappa shape index (κ2) is 8.69. The topological polar surface area (TPSA) is 64.3 Å². The lowest BCUT2D eigenvalue weighted by Gasteiger charge is -2.51. The van der Waals surface area contributed by atoms with Gasteiger partial charge in [0.05, 0.1) is 18.7 Å². The number of likely N-dealkylation sites (tertiary alicyclic amines) is 1. The largest absolute Gasteiger partial charge is 0.394 e. The highest BCUT2D eigenvalue weighted by molar-refractivity contribution is 5.95. The summed E-state index contributed by atoms with van der Waals surface area (Å²) in [5, 5.41) is 19.6. The third-order valence-corrected chi connectivity index (χ3v) is 6.11. The van der Waals surface area contributed by atoms with Crippen LogP contribution in [-0.4, -0.2) is 34.6 Å². The molecule has 2 aromatic rings. The minimum Gasteiger partial charge on any atom is -0.394 e. The molecule has 0 aromatic heterocycles. The molecule has 0 radical (unpaired) electrons. The Morgan fingerprint density at radius 2 is 1.90 bits per heavy atom. The van der Waals surface area contributed by atoms with Crippen molar-refractivity contribution in [1.29, 1.82) is 5.26 Å². The molecular formula is C25H23FN2O2. The van der Waals surface area contributed by atoms with E-state index in [1.165, 1.54) is 48.8 Å². The van der Waals surface area contributed by atoms with Crippen molar-refractivity contribution in [2.24, 2.45) is 5.92 Å². The van der Waals surface area contributed by atoms with E-state index in [2.05, 4.69) is 17.9 Å². The molecular weight excluding hydrogens is 379 g/mol. The van der Waals surface area contributed by atoms with Crippen LogP contribution in [0.3, 0.4) is 0 Å². The molecule has 2 fully saturated rings. The van der Waals surface area contributed by atoms with Crippen molar-refractivity contribution >= 4 is 5.91 Å². The number of amides is 1. The van der Waals surface area contributed by atoms with Gasteiger partial charge in [0.15, 0.2) is 0 Å². The van der Waals surface area contributed by atoms with Gasteiger partial charge >= 0.3 is 0 Å². The molecule has 30 heavy (non-hydrogen) atoms. The van der Waals surface area contributed by atoms with Crippen molar-refractivity contribution in [2.45, 2.75) is 43.7 Å². The zero-order valence-electron chi connectivity index (χ0n) is 16.6. The van der Waals surface area contributed by atoms with Crippen LogP contribution in [0.5, 0.6) is 0 Å². The second-order valence-electron chi connectivity index (χ2n) is 7.95. The number of halogens is 1. The lowest BCUT2D eigenvalue weighted by molar-refractivity contribution is -0.00588. The van der Waals surface area contributed by atoms with Crippen molar-refractivity contribution in [3.63, 3.8) is 0 Å². The predicted octanol–water partition coefficient (Wildman–Crippen LogP) is 3.86. The normalized spacial score (nSPS) is 23.2. The van der Waals surface area contributed by atoms with E-state index in [0.717, 1.165) is 17.2 Å². The van der Waals surface area contributed by atoms with Crippen molar-refractivity contribution in [2.75, 3.05) is 6.61 Å². The number of hydrogen-bond acceptors (Lipinski definition) is 3. The zero-order chi connectivity index (χ0) is 21.1. The fraction of sp³-hybridized carbons (Fsp3) is 0.360. The van der Waals surface area contributed by atoms with Gasteiger partial charge in [-0.25, -0.2) is 4.39 Å². The van der Waals surface area contributed by atoms with Gasteiger partial charge in [0.25, 0.3) is 5.91 Å². The summed E-state index contributed by atoms with van der Waals surface area (Å²) in [6.45, 7) is -0.271. The monoisotopic (exact) mass is 402 g/mol. The van der Waals surface area contributed by atoms with Crippen LogP contribution in [0.1, 0.15) is 53.1 Å². The smallest absolute Gasteiger partial charge is 0.255 e. The molecule has 1 saturated heterocycles. The van der Waals surface area contributed by atoms with Crippen molar-refractivity contribution in [3.8, 4) is 17.9 Å². The average molecular weight is 402 g/mol. The molecule has 1 amide bonds. The highest BCUT2D eigenvalue weighted by atomic mass is 19.1. The number of aliphatic hydroxyl groups is 1. The lowest BCUT2D eigenvalue weighted by atomic mass is 9.75. The van der Waals surface area contributed by atoms with E-state index in [9.17, 15) is 19.6 Å². The molecule has 5 heteroatoms. The molecule has 1 aliphatic carbocycles. The van der Waals surface area contributed by atoms with Gasteiger partial charge in [-0.1, -0.05) is 42.9 Å². The van der Waals surface area contributed by atoms with Gasteiger partial charge in [0, 0.05) is 23.0 Å². The maximum absolute atomic E-state index is 13.5. The fourth-order valence-corrected chi connectivity index (χ4v) is 4.50. The van der Waals surface area contributed by atoms with Crippen LogP contribution < -0.4 is 0 Å². The summed E-state index contributed by atoms with van der Waals surface area (Å²) >= 11 is 0. The molecule has 1 saturated carbocycles. The average Bonchev–Trinajstić information content (AvgIpc) is 3.27. The van der Waals surface area contributed by atoms with E-state index in [0.29, 0.717) is 5.92 Å². The van der Waals surface area contributed by atoms with Crippen molar-refractivity contribution in [3.05, 3.63) is 71.0 Å². The lowest BCUT2D eigenvalue weighted by Crippen LogP contribution is -2.65. The molecule has 2 aromatic carbocycles. The summed E-state index contributed by atoms with van der Waals surface area (Å²) < 4.78 is 13.5. The Balaban J connectivity index is 1.52. The van der Waals surface area contributed by atoms with Gasteiger partial charge in [-0.2, -0.15) is 5.26 Å². The van der Waals surface area contributed by atoms with Crippen LogP contribution >= 0.6 is 0 Å². The Morgan fingerprint density at radius 3 is 2.53 bits per heavy atom. The Kier molecular flexibility index (Phi) is 5.84. The molecule has 4 rings (SSSR count). The first-order chi connectivity index (χ1) is 14.6. The number of carbonyl (C=O) groups is 1. The van der Waals surface area contributed by atoms with Crippen LogP contribution in [0, 0.1) is 34.9 Å². The van der Waals surface area contributed by atoms with Crippen LogP contribution in [0.4, 0.5) is 4.39 Å². The number of nitriles is 1. The molecule has 1 N–H and O–H groups in total. The highest BCUT2D eigenvalue weighted by Gasteiger charge is 2.51. The van der Waals surface area contributed by atoms with Crippen molar-refractivity contribution in [1.82, 2.24) is 4.90 Å². The number of hydrogen-bond donors (Lipinski definition) is 1. The number of nitrogens with zero attached hydrogens (tertiary/aromatic N) is 2. The molecule has 0 unspecified atom stereocenters. The minimum absolute atomic E-state index is 0.171. The zero-order valence-corrected chi connectivity index (χ0v) is 16.6. The summed E-state index contributed by atoms with van der Waals surface area (Å²) in [6.07, 6.45) is 4.85. The number of aliphatic hydroxyl groups excluding tert-OH is 1. The van der Waals surface area contributed by atoms with E-state index >= 15 is 0 Å². The van der Waals surface area contributed by atoms with Gasteiger partial charge in [-0.15, -0.1) is 0 Å². The Hall–Kier alpha value is -3.15. The Morgan fingerprint density at radius 1 is 1.17 bits per heavy atom.